The number of carbonyl (C=O) groups excluding carboxylic acids is 2. The van der Waals surface area contributed by atoms with E-state index in [-0.39, 0.29) is 18.6 Å². The molecule has 0 radical (unpaired) electrons. The van der Waals surface area contributed by atoms with Crippen molar-refractivity contribution in [1.29, 1.82) is 0 Å². The first-order valence-corrected chi connectivity index (χ1v) is 13.1. The summed E-state index contributed by atoms with van der Waals surface area (Å²) in [5, 5.41) is 24.7. The molecule has 212 valence electrons. The number of carboxylic acids is 2. The Kier molecular flexibility index (Phi) is 26.2. The Bertz CT molecular complexity index is 587. The molecule has 0 aliphatic carbocycles. The van der Waals surface area contributed by atoms with Crippen LogP contribution in [0.1, 0.15) is 58.3 Å². The van der Waals surface area contributed by atoms with E-state index in [0.29, 0.717) is 0 Å². The first kappa shape index (κ1) is 36.2. The maximum atomic E-state index is 11.5. The van der Waals surface area contributed by atoms with Crippen LogP contribution >= 0.6 is 12.6 Å². The average molecular weight is 538 g/mol. The van der Waals surface area contributed by atoms with E-state index in [4.69, 9.17) is 21.7 Å². The summed E-state index contributed by atoms with van der Waals surface area (Å²) in [5.41, 5.74) is 17.1. The van der Waals surface area contributed by atoms with E-state index in [2.05, 4.69) is 46.4 Å². The Balaban J connectivity index is 0. The summed E-state index contributed by atoms with van der Waals surface area (Å²) in [7, 11) is 0. The summed E-state index contributed by atoms with van der Waals surface area (Å²) >= 11 is 3.87. The molecule has 2 atom stereocenters. The Morgan fingerprint density at radius 1 is 0.917 bits per heavy atom. The van der Waals surface area contributed by atoms with Crippen molar-refractivity contribution in [1.82, 2.24) is 26.8 Å². The third-order valence-electron chi connectivity index (χ3n) is 4.74. The minimum absolute atomic E-state index is 0.0256. The van der Waals surface area contributed by atoms with Gasteiger partial charge in [-0.15, -0.1) is 0 Å². The lowest BCUT2D eigenvalue weighted by molar-refractivity contribution is -0.139. The van der Waals surface area contributed by atoms with Crippen molar-refractivity contribution in [2.24, 2.45) is 11.5 Å². The highest BCUT2D eigenvalue weighted by atomic mass is 32.1. The van der Waals surface area contributed by atoms with Gasteiger partial charge in [0, 0.05) is 25.3 Å². The molecule has 0 aromatic carbocycles. The van der Waals surface area contributed by atoms with E-state index in [1.54, 1.807) is 0 Å². The van der Waals surface area contributed by atoms with Crippen LogP contribution in [0.5, 0.6) is 0 Å². The number of carbonyl (C=O) groups is 4. The summed E-state index contributed by atoms with van der Waals surface area (Å²) in [6.45, 7) is 6.76. The second-order valence-electron chi connectivity index (χ2n) is 8.06. The molecule has 2 amide bonds. The predicted molar refractivity (Wildman–Crippen MR) is 143 cm³/mol. The smallest absolute Gasteiger partial charge is 0.322 e. The molecule has 0 rings (SSSR count). The molecular formula is C22H47N7O6S. The van der Waals surface area contributed by atoms with Crippen LogP contribution in [0.4, 0.5) is 0 Å². The van der Waals surface area contributed by atoms with Gasteiger partial charge in [-0.05, 0) is 51.7 Å². The van der Waals surface area contributed by atoms with Gasteiger partial charge < -0.3 is 37.6 Å². The Labute approximate surface area is 219 Å². The third kappa shape index (κ3) is 25.1. The molecule has 2 unspecified atom stereocenters. The van der Waals surface area contributed by atoms with Crippen LogP contribution < -0.4 is 38.3 Å². The lowest BCUT2D eigenvalue weighted by Gasteiger charge is -2.16. The molecule has 0 saturated carbocycles. The number of unbranched alkanes of at least 4 members (excludes halogenated alkanes) is 3. The number of amides is 2. The van der Waals surface area contributed by atoms with Crippen molar-refractivity contribution < 1.29 is 29.4 Å². The molecule has 0 saturated heterocycles. The van der Waals surface area contributed by atoms with Crippen LogP contribution in [0.15, 0.2) is 0 Å². The molecule has 0 bridgehead atoms. The lowest BCUT2D eigenvalue weighted by atomic mass is 10.1. The van der Waals surface area contributed by atoms with Gasteiger partial charge in [0.1, 0.15) is 18.6 Å². The maximum absolute atomic E-state index is 11.5. The fraction of sp³-hybridized carbons (Fsp3) is 0.818. The lowest BCUT2D eigenvalue weighted by Crippen LogP contribution is -2.49. The van der Waals surface area contributed by atoms with E-state index < -0.39 is 42.4 Å². The first-order chi connectivity index (χ1) is 17.2. The van der Waals surface area contributed by atoms with Crippen molar-refractivity contribution in [3.05, 3.63) is 0 Å². The van der Waals surface area contributed by atoms with Gasteiger partial charge in [-0.3, -0.25) is 30.0 Å². The summed E-state index contributed by atoms with van der Waals surface area (Å²) in [6, 6.07) is -2.15. The number of aliphatic carboxylic acids is 2. The number of hydrazine groups is 1. The van der Waals surface area contributed by atoms with Crippen molar-refractivity contribution in [3.63, 3.8) is 0 Å². The van der Waals surface area contributed by atoms with Gasteiger partial charge in [0.25, 0.3) is 0 Å². The van der Waals surface area contributed by atoms with Crippen LogP contribution in [-0.4, -0.2) is 91.1 Å². The number of carboxylic acid groups (broad SMARTS) is 2. The van der Waals surface area contributed by atoms with E-state index in [0.717, 1.165) is 39.1 Å². The molecule has 0 fully saturated rings. The largest absolute Gasteiger partial charge is 0.480 e. The van der Waals surface area contributed by atoms with Gasteiger partial charge in [-0.1, -0.05) is 19.8 Å². The molecule has 13 nitrogen and oxygen atoms in total. The number of nitrogens with two attached hydrogens (primary N) is 2. The molecule has 11 N–H and O–H groups in total. The number of hydrogen-bond donors (Lipinski definition) is 10. The van der Waals surface area contributed by atoms with Gasteiger partial charge in [-0.2, -0.15) is 12.6 Å². The van der Waals surface area contributed by atoms with E-state index in [9.17, 15) is 19.2 Å². The minimum atomic E-state index is -1.22. The Hall–Kier alpha value is -1.97. The fourth-order valence-corrected chi connectivity index (χ4v) is 2.87. The molecular weight excluding hydrogens is 490 g/mol. The summed E-state index contributed by atoms with van der Waals surface area (Å²) in [5.74, 6) is -3.70. The molecule has 0 spiro atoms. The van der Waals surface area contributed by atoms with Gasteiger partial charge >= 0.3 is 11.9 Å². The van der Waals surface area contributed by atoms with Crippen LogP contribution in [0, 0.1) is 0 Å². The van der Waals surface area contributed by atoms with Crippen molar-refractivity contribution in [2.75, 3.05) is 45.0 Å². The molecule has 0 aromatic heterocycles. The van der Waals surface area contributed by atoms with Crippen LogP contribution in [0.3, 0.4) is 0 Å². The third-order valence-corrected chi connectivity index (χ3v) is 5.11. The van der Waals surface area contributed by atoms with Gasteiger partial charge in [0.05, 0.1) is 0 Å². The predicted octanol–water partition coefficient (Wildman–Crippen LogP) is -1.22. The standard InChI is InChI=1S/C12H30N4.C10H17N3O6S/c1-2-3-4-11-15-16-12-6-5-9-14-10-7-8-13;11-5(10(18)19)1-2-7(14)13-6(4-20)9(17)12-3-8(15)16/h14-16H,2-13H2,1H3;5-6,20H,1-4,11H2,(H,12,17)(H,13,14)(H,15,16)(H,18,19). The topological polar surface area (TPSA) is 221 Å². The van der Waals surface area contributed by atoms with Crippen molar-refractivity contribution in [3.8, 4) is 0 Å². The number of thiol groups is 1. The van der Waals surface area contributed by atoms with Gasteiger partial charge in [0.2, 0.25) is 11.8 Å². The van der Waals surface area contributed by atoms with E-state index in [1.807, 2.05) is 0 Å². The fourth-order valence-electron chi connectivity index (χ4n) is 2.61. The number of rotatable bonds is 22. The normalized spacial score (nSPS) is 12.1. The van der Waals surface area contributed by atoms with Gasteiger partial charge in [0.15, 0.2) is 0 Å². The molecule has 36 heavy (non-hydrogen) atoms. The molecule has 0 heterocycles. The molecule has 0 aliphatic rings. The molecule has 0 aromatic rings. The Morgan fingerprint density at radius 3 is 2.03 bits per heavy atom. The highest BCUT2D eigenvalue weighted by molar-refractivity contribution is 7.80. The zero-order valence-electron chi connectivity index (χ0n) is 21.4. The zero-order valence-corrected chi connectivity index (χ0v) is 22.3. The first-order valence-electron chi connectivity index (χ1n) is 12.4. The second kappa shape index (κ2) is 26.1. The zero-order chi connectivity index (χ0) is 27.6. The summed E-state index contributed by atoms with van der Waals surface area (Å²) in [6.07, 6.45) is 7.17. The van der Waals surface area contributed by atoms with Crippen molar-refractivity contribution in [2.45, 2.75) is 70.4 Å². The maximum Gasteiger partial charge on any atom is 0.322 e. The summed E-state index contributed by atoms with van der Waals surface area (Å²) in [4.78, 5) is 43.7. The number of hydrogen-bond acceptors (Lipinski definition) is 10. The molecule has 0 aliphatic heterocycles. The average Bonchev–Trinajstić information content (AvgIpc) is 2.85. The molecule has 14 heteroatoms. The monoisotopic (exact) mass is 537 g/mol. The summed E-state index contributed by atoms with van der Waals surface area (Å²) < 4.78 is 0. The van der Waals surface area contributed by atoms with Crippen molar-refractivity contribution >= 4 is 36.4 Å². The SMILES string of the molecule is CCCCCNNCCCCNCCCN.NC(CCC(=O)NC(CS)C(=O)NCC(=O)O)C(=O)O. The second-order valence-corrected chi connectivity index (χ2v) is 8.42. The van der Waals surface area contributed by atoms with Crippen LogP contribution in [-0.2, 0) is 19.2 Å². The number of nitrogens with one attached hydrogen (secondary N) is 5. The Morgan fingerprint density at radius 2 is 1.50 bits per heavy atom. The van der Waals surface area contributed by atoms with Crippen LogP contribution in [0.25, 0.3) is 0 Å². The van der Waals surface area contributed by atoms with E-state index in [1.165, 1.54) is 32.1 Å². The highest BCUT2D eigenvalue weighted by Gasteiger charge is 2.20. The van der Waals surface area contributed by atoms with Gasteiger partial charge in [-0.25, -0.2) is 0 Å². The van der Waals surface area contributed by atoms with E-state index >= 15 is 0 Å². The van der Waals surface area contributed by atoms with Crippen LogP contribution in [0.2, 0.25) is 0 Å². The minimum Gasteiger partial charge on any atom is -0.480 e. The highest BCUT2D eigenvalue weighted by Crippen LogP contribution is 1.97. The quantitative estimate of drug-likeness (QED) is 0.0448.